The van der Waals surface area contributed by atoms with Crippen molar-refractivity contribution in [2.75, 3.05) is 0 Å². The molecule has 0 N–H and O–H groups in total. The Morgan fingerprint density at radius 3 is 0.375 bits per heavy atom. The van der Waals surface area contributed by atoms with Gasteiger partial charge in [0.15, 0.2) is 0 Å². The summed E-state index contributed by atoms with van der Waals surface area (Å²) in [5.41, 5.74) is 0. The van der Waals surface area contributed by atoms with Gasteiger partial charge in [-0.15, -0.1) is 0 Å². The van der Waals surface area contributed by atoms with Crippen molar-refractivity contribution in [1.82, 2.24) is 0 Å². The first-order valence-corrected chi connectivity index (χ1v) is 0. The van der Waals surface area contributed by atoms with Gasteiger partial charge in [0.2, 0.25) is 0 Å². The summed E-state index contributed by atoms with van der Waals surface area (Å²) >= 11 is 0. The molecular formula is H12Cu3N2Si3. The van der Waals surface area contributed by atoms with Crippen LogP contribution in [-0.4, -0.2) is 32.9 Å². The molecule has 0 saturated carbocycles. The fourth-order valence-corrected chi connectivity index (χ4v) is 0. The molecule has 0 atom stereocenters. The number of nitrogens with zero attached hydrogens (tertiary/aromatic N) is 2. The number of rotatable bonds is 0. The SMILES string of the molecule is [Cu+2].[Cu+2].[Cu+2].[N-3].[N-3].[SiH4].[SiH4].[SiH4]. The van der Waals surface area contributed by atoms with E-state index in [-0.39, 0.29) is 96.4 Å². The zero-order chi connectivity index (χ0) is 0. The van der Waals surface area contributed by atoms with Crippen LogP contribution in [0.1, 0.15) is 0 Å². The molecule has 67 valence electrons. The van der Waals surface area contributed by atoms with Crippen molar-refractivity contribution in [3.05, 3.63) is 12.3 Å². The van der Waals surface area contributed by atoms with Gasteiger partial charge in [-0.3, -0.25) is 0 Å². The van der Waals surface area contributed by atoms with Gasteiger partial charge in [0.05, 0.1) is 0 Å². The second kappa shape index (κ2) is 133. The predicted molar refractivity (Wildman–Crippen MR) is 40.7 cm³/mol. The Labute approximate surface area is 95.7 Å². The maximum Gasteiger partial charge on any atom is 2.00 e. The van der Waals surface area contributed by atoms with E-state index < -0.39 is 0 Å². The molecule has 8 heteroatoms. The molecule has 0 spiro atoms. The molecule has 0 bridgehead atoms. The van der Waals surface area contributed by atoms with Crippen molar-refractivity contribution >= 4 is 32.9 Å². The molecule has 0 aromatic heterocycles. The van der Waals surface area contributed by atoms with E-state index in [0.717, 1.165) is 0 Å². The average Bonchev–Trinajstić information content (AvgIpc) is 0. The molecule has 0 unspecified atom stereocenters. The zero-order valence-corrected chi connectivity index (χ0v) is 4.62. The third-order valence-corrected chi connectivity index (χ3v) is 0. The minimum absolute atomic E-state index is 0. The van der Waals surface area contributed by atoms with Crippen LogP contribution in [-0.2, 0) is 51.2 Å². The molecular weight excluding hydrogens is 303 g/mol. The van der Waals surface area contributed by atoms with Crippen molar-refractivity contribution < 1.29 is 51.2 Å². The van der Waals surface area contributed by atoms with Gasteiger partial charge in [-0.05, 0) is 32.9 Å². The summed E-state index contributed by atoms with van der Waals surface area (Å²) in [6.07, 6.45) is 0. The normalized spacial score (nSPS) is 0. The van der Waals surface area contributed by atoms with Crippen LogP contribution in [0.5, 0.6) is 0 Å². The van der Waals surface area contributed by atoms with Crippen molar-refractivity contribution in [2.45, 2.75) is 0 Å². The Bertz CT molecular complexity index is 12.5. The molecule has 2 nitrogen and oxygen atoms in total. The molecule has 3 radical (unpaired) electrons. The van der Waals surface area contributed by atoms with E-state index in [1.165, 1.54) is 0 Å². The summed E-state index contributed by atoms with van der Waals surface area (Å²) in [5.74, 6) is 0. The maximum absolute atomic E-state index is 0. The van der Waals surface area contributed by atoms with Gasteiger partial charge in [-0.2, -0.15) is 0 Å². The second-order valence-electron chi connectivity index (χ2n) is 0. The van der Waals surface area contributed by atoms with Crippen LogP contribution in [0, 0.1) is 0 Å². The number of hydrogen-bond acceptors (Lipinski definition) is 0. The van der Waals surface area contributed by atoms with E-state index in [0.29, 0.717) is 0 Å². The smallest absolute Gasteiger partial charge is 2.00 e. The van der Waals surface area contributed by atoms with E-state index in [1.54, 1.807) is 0 Å². The Balaban J connectivity index is 0. The molecule has 0 aromatic carbocycles. The summed E-state index contributed by atoms with van der Waals surface area (Å²) in [4.78, 5) is 0. The third-order valence-electron chi connectivity index (χ3n) is 0. The standard InChI is InChI=1S/3Cu.2N.3H4Si/h;;;;;3*1H4/q3*+2;2*-3;;;. The Kier molecular flexibility index (Phi) is 3100. The van der Waals surface area contributed by atoms with E-state index >= 15 is 0 Å². The van der Waals surface area contributed by atoms with E-state index in [1.807, 2.05) is 0 Å². The fourth-order valence-electron chi connectivity index (χ4n) is 0. The summed E-state index contributed by atoms with van der Waals surface area (Å²) in [6, 6.07) is 0. The minimum atomic E-state index is 0. The van der Waals surface area contributed by atoms with E-state index in [2.05, 4.69) is 0 Å². The van der Waals surface area contributed by atoms with Crippen LogP contribution < -0.4 is 0 Å². The van der Waals surface area contributed by atoms with E-state index in [4.69, 9.17) is 0 Å². The Hall–Kier alpha value is 2.13. The summed E-state index contributed by atoms with van der Waals surface area (Å²) < 4.78 is 0. The van der Waals surface area contributed by atoms with Gasteiger partial charge < -0.3 is 12.3 Å². The van der Waals surface area contributed by atoms with Crippen molar-refractivity contribution in [1.29, 1.82) is 0 Å². The first kappa shape index (κ1) is 186. The molecule has 0 aliphatic rings. The maximum atomic E-state index is 0. The first-order chi connectivity index (χ1) is 0. The van der Waals surface area contributed by atoms with Gasteiger partial charge in [0.25, 0.3) is 0 Å². The van der Waals surface area contributed by atoms with E-state index in [9.17, 15) is 0 Å². The molecule has 0 amide bonds. The molecule has 8 heavy (non-hydrogen) atoms. The van der Waals surface area contributed by atoms with Crippen LogP contribution in [0.3, 0.4) is 0 Å². The van der Waals surface area contributed by atoms with Gasteiger partial charge in [0, 0.05) is 0 Å². The number of hydrogen-bond donors (Lipinski definition) is 0. The molecule has 0 aliphatic carbocycles. The van der Waals surface area contributed by atoms with Crippen molar-refractivity contribution in [3.63, 3.8) is 0 Å². The van der Waals surface area contributed by atoms with Crippen LogP contribution in [0.4, 0.5) is 0 Å². The van der Waals surface area contributed by atoms with Gasteiger partial charge in [-0.25, -0.2) is 0 Å². The first-order valence-electron chi connectivity index (χ1n) is 0. The minimum Gasteiger partial charge on any atom is -3.00 e. The molecule has 0 fully saturated rings. The predicted octanol–water partition coefficient (Wildman–Crippen LogP) is -3.78. The molecule has 0 heterocycles. The topological polar surface area (TPSA) is 61.0 Å². The van der Waals surface area contributed by atoms with Gasteiger partial charge in [-0.1, -0.05) is 0 Å². The Morgan fingerprint density at radius 1 is 0.375 bits per heavy atom. The average molecular weight is 315 g/mol. The monoisotopic (exact) mass is 313 g/mol. The molecule has 0 aliphatic heterocycles. The van der Waals surface area contributed by atoms with Crippen LogP contribution in [0.2, 0.25) is 0 Å². The van der Waals surface area contributed by atoms with Gasteiger partial charge in [0.1, 0.15) is 0 Å². The van der Waals surface area contributed by atoms with Crippen LogP contribution >= 0.6 is 0 Å². The molecule has 0 aromatic rings. The van der Waals surface area contributed by atoms with Crippen LogP contribution in [0.15, 0.2) is 0 Å². The molecule has 0 saturated heterocycles. The molecule has 0 rings (SSSR count). The fraction of sp³-hybridized carbons (Fsp3) is 0. The summed E-state index contributed by atoms with van der Waals surface area (Å²) in [5, 5.41) is 0. The summed E-state index contributed by atoms with van der Waals surface area (Å²) in [7, 11) is 0. The third kappa shape index (κ3) is 91.1. The van der Waals surface area contributed by atoms with Gasteiger partial charge >= 0.3 is 51.2 Å². The quantitative estimate of drug-likeness (QED) is 0.412. The van der Waals surface area contributed by atoms with Crippen molar-refractivity contribution in [2.24, 2.45) is 0 Å². The van der Waals surface area contributed by atoms with Crippen LogP contribution in [0.25, 0.3) is 12.3 Å². The summed E-state index contributed by atoms with van der Waals surface area (Å²) in [6.45, 7) is 0. The second-order valence-corrected chi connectivity index (χ2v) is 0. The largest absolute Gasteiger partial charge is 3.00 e. The Morgan fingerprint density at radius 2 is 0.375 bits per heavy atom. The zero-order valence-electron chi connectivity index (χ0n) is 1.80. The van der Waals surface area contributed by atoms with Crippen molar-refractivity contribution in [3.8, 4) is 0 Å².